The normalized spacial score (nSPS) is 17.2. The zero-order chi connectivity index (χ0) is 19.7. The average molecular weight is 378 g/mol. The number of carbonyl (C=O) groups is 1. The van der Waals surface area contributed by atoms with Gasteiger partial charge in [-0.3, -0.25) is 14.6 Å². The van der Waals surface area contributed by atoms with Crippen molar-refractivity contribution in [1.82, 2.24) is 29.6 Å². The van der Waals surface area contributed by atoms with Crippen LogP contribution in [0.5, 0.6) is 0 Å². The molecule has 1 amide bonds. The van der Waals surface area contributed by atoms with Gasteiger partial charge in [0.05, 0.1) is 12.6 Å². The first-order chi connectivity index (χ1) is 13.6. The highest BCUT2D eigenvalue weighted by Crippen LogP contribution is 2.34. The molecule has 8 heteroatoms. The molecular weight excluding hydrogens is 356 g/mol. The number of fused-ring (bicyclic) bond motifs is 1. The molecule has 28 heavy (non-hydrogen) atoms. The molecule has 0 saturated heterocycles. The summed E-state index contributed by atoms with van der Waals surface area (Å²) >= 11 is 0. The lowest BCUT2D eigenvalue weighted by molar-refractivity contribution is 0.0512. The van der Waals surface area contributed by atoms with E-state index in [4.69, 9.17) is 4.98 Å². The van der Waals surface area contributed by atoms with Gasteiger partial charge < -0.3 is 9.88 Å². The molecule has 0 aliphatic carbocycles. The number of nitrogens with zero attached hydrogens (tertiary/aromatic N) is 5. The van der Waals surface area contributed by atoms with Crippen LogP contribution < -0.4 is 5.56 Å². The summed E-state index contributed by atoms with van der Waals surface area (Å²) in [6, 6.07) is 8.19. The Morgan fingerprint density at radius 3 is 2.86 bits per heavy atom. The van der Waals surface area contributed by atoms with Gasteiger partial charge in [-0.1, -0.05) is 26.3 Å². The SMILES string of the molecule is CC[C@H](C)[C@H]1c2nc(-c3cccnc3)nn2CCN1C(=O)c1cccc(=O)[nH]1. The molecule has 0 aromatic carbocycles. The molecule has 1 N–H and O–H groups in total. The van der Waals surface area contributed by atoms with Crippen molar-refractivity contribution in [3.05, 3.63) is 64.6 Å². The van der Waals surface area contributed by atoms with Crippen molar-refractivity contribution >= 4 is 5.91 Å². The first kappa shape index (κ1) is 18.1. The number of aromatic nitrogens is 5. The maximum atomic E-state index is 13.2. The molecule has 3 aromatic rings. The molecule has 1 aliphatic heterocycles. The third kappa shape index (κ3) is 3.21. The molecular formula is C20H22N6O2. The summed E-state index contributed by atoms with van der Waals surface area (Å²) < 4.78 is 1.89. The van der Waals surface area contributed by atoms with Gasteiger partial charge in [0.2, 0.25) is 5.56 Å². The Labute approximate surface area is 162 Å². The Morgan fingerprint density at radius 2 is 2.14 bits per heavy atom. The summed E-state index contributed by atoms with van der Waals surface area (Å²) in [6.07, 6.45) is 4.33. The van der Waals surface area contributed by atoms with Crippen molar-refractivity contribution in [2.45, 2.75) is 32.9 Å². The predicted molar refractivity (Wildman–Crippen MR) is 104 cm³/mol. The number of hydrogen-bond acceptors (Lipinski definition) is 5. The van der Waals surface area contributed by atoms with Crippen LogP contribution >= 0.6 is 0 Å². The van der Waals surface area contributed by atoms with Gasteiger partial charge in [0, 0.05) is 30.6 Å². The highest BCUT2D eigenvalue weighted by atomic mass is 16.2. The van der Waals surface area contributed by atoms with Crippen molar-refractivity contribution in [3.8, 4) is 11.4 Å². The molecule has 0 bridgehead atoms. The molecule has 0 spiro atoms. The second-order valence-corrected chi connectivity index (χ2v) is 7.02. The van der Waals surface area contributed by atoms with Crippen LogP contribution in [0.1, 0.15) is 42.6 Å². The van der Waals surface area contributed by atoms with Crippen LogP contribution in [0.3, 0.4) is 0 Å². The van der Waals surface area contributed by atoms with Gasteiger partial charge in [0.15, 0.2) is 11.6 Å². The van der Waals surface area contributed by atoms with Crippen molar-refractivity contribution in [1.29, 1.82) is 0 Å². The second-order valence-electron chi connectivity index (χ2n) is 7.02. The van der Waals surface area contributed by atoms with Gasteiger partial charge in [-0.2, -0.15) is 5.10 Å². The Kier molecular flexibility index (Phi) is 4.77. The van der Waals surface area contributed by atoms with Gasteiger partial charge in [0.25, 0.3) is 5.91 Å². The highest BCUT2D eigenvalue weighted by molar-refractivity contribution is 5.92. The van der Waals surface area contributed by atoms with Crippen LogP contribution in [0.15, 0.2) is 47.5 Å². The minimum Gasteiger partial charge on any atom is -0.325 e. The molecule has 3 aromatic heterocycles. The highest BCUT2D eigenvalue weighted by Gasteiger charge is 2.37. The first-order valence-corrected chi connectivity index (χ1v) is 9.44. The molecule has 144 valence electrons. The van der Waals surface area contributed by atoms with Crippen molar-refractivity contribution < 1.29 is 4.79 Å². The Balaban J connectivity index is 1.74. The summed E-state index contributed by atoms with van der Waals surface area (Å²) in [7, 11) is 0. The maximum absolute atomic E-state index is 13.2. The number of rotatable bonds is 4. The monoisotopic (exact) mass is 378 g/mol. The zero-order valence-electron chi connectivity index (χ0n) is 15.9. The van der Waals surface area contributed by atoms with Crippen LogP contribution in [0.2, 0.25) is 0 Å². The fraction of sp³-hybridized carbons (Fsp3) is 0.350. The Bertz CT molecular complexity index is 1040. The molecule has 0 unspecified atom stereocenters. The van der Waals surface area contributed by atoms with E-state index in [1.807, 2.05) is 16.8 Å². The van der Waals surface area contributed by atoms with Crippen LogP contribution in [0.4, 0.5) is 0 Å². The van der Waals surface area contributed by atoms with Gasteiger partial charge in [0.1, 0.15) is 5.69 Å². The number of amides is 1. The molecule has 8 nitrogen and oxygen atoms in total. The van der Waals surface area contributed by atoms with Crippen LogP contribution in [0, 0.1) is 5.92 Å². The number of pyridine rings is 2. The molecule has 0 fully saturated rings. The predicted octanol–water partition coefficient (Wildman–Crippen LogP) is 2.27. The first-order valence-electron chi connectivity index (χ1n) is 9.44. The van der Waals surface area contributed by atoms with E-state index < -0.39 is 0 Å². The Morgan fingerprint density at radius 1 is 1.29 bits per heavy atom. The molecule has 2 atom stereocenters. The van der Waals surface area contributed by atoms with Crippen molar-refractivity contribution in [3.63, 3.8) is 0 Å². The van der Waals surface area contributed by atoms with E-state index in [-0.39, 0.29) is 23.4 Å². The lowest BCUT2D eigenvalue weighted by atomic mass is 9.95. The third-order valence-electron chi connectivity index (χ3n) is 5.22. The summed E-state index contributed by atoms with van der Waals surface area (Å²) in [5.41, 5.74) is 0.851. The van der Waals surface area contributed by atoms with E-state index in [9.17, 15) is 9.59 Å². The fourth-order valence-corrected chi connectivity index (χ4v) is 3.58. The molecule has 4 heterocycles. The topological polar surface area (TPSA) is 96.8 Å². The standard InChI is InChI=1S/C20H22N6O2/c1-3-13(2)17-19-23-18(14-6-5-9-21-12-14)24-26(19)11-10-25(17)20(28)15-7-4-8-16(27)22-15/h4-9,12-13,17H,3,10-11H2,1-2H3,(H,22,27)/t13-,17-/m0/s1. The smallest absolute Gasteiger partial charge is 0.271 e. The maximum Gasteiger partial charge on any atom is 0.271 e. The molecule has 4 rings (SSSR count). The number of carbonyl (C=O) groups excluding carboxylic acids is 1. The molecule has 1 aliphatic rings. The number of hydrogen-bond donors (Lipinski definition) is 1. The summed E-state index contributed by atoms with van der Waals surface area (Å²) in [6.45, 7) is 5.26. The van der Waals surface area contributed by atoms with E-state index in [1.165, 1.54) is 6.07 Å². The van der Waals surface area contributed by atoms with Gasteiger partial charge in [-0.15, -0.1) is 0 Å². The largest absolute Gasteiger partial charge is 0.325 e. The quantitative estimate of drug-likeness (QED) is 0.751. The van der Waals surface area contributed by atoms with Crippen LogP contribution in [0.25, 0.3) is 11.4 Å². The van der Waals surface area contributed by atoms with Crippen LogP contribution in [-0.4, -0.2) is 42.1 Å². The zero-order valence-corrected chi connectivity index (χ0v) is 15.9. The summed E-state index contributed by atoms with van der Waals surface area (Å²) in [4.78, 5) is 38.2. The lowest BCUT2D eigenvalue weighted by Crippen LogP contribution is -2.45. The number of nitrogens with one attached hydrogen (secondary N) is 1. The van der Waals surface area contributed by atoms with E-state index in [2.05, 4.69) is 28.9 Å². The minimum atomic E-state index is -0.287. The van der Waals surface area contributed by atoms with E-state index in [0.717, 1.165) is 17.8 Å². The summed E-state index contributed by atoms with van der Waals surface area (Å²) in [5, 5.41) is 4.64. The third-order valence-corrected chi connectivity index (χ3v) is 5.22. The average Bonchev–Trinajstić information content (AvgIpc) is 3.17. The second kappa shape index (κ2) is 7.38. The molecule has 0 saturated carbocycles. The van der Waals surface area contributed by atoms with E-state index >= 15 is 0 Å². The van der Waals surface area contributed by atoms with E-state index in [0.29, 0.717) is 24.6 Å². The minimum absolute atomic E-state index is 0.185. The van der Waals surface area contributed by atoms with Crippen molar-refractivity contribution in [2.24, 2.45) is 5.92 Å². The van der Waals surface area contributed by atoms with Gasteiger partial charge in [-0.25, -0.2) is 9.67 Å². The van der Waals surface area contributed by atoms with E-state index in [1.54, 1.807) is 29.4 Å². The molecule has 0 radical (unpaired) electrons. The Hall–Kier alpha value is -3.29. The van der Waals surface area contributed by atoms with Crippen LogP contribution in [-0.2, 0) is 6.54 Å². The van der Waals surface area contributed by atoms with Gasteiger partial charge in [-0.05, 0) is 24.1 Å². The number of H-pyrrole nitrogens is 1. The number of aromatic amines is 1. The van der Waals surface area contributed by atoms with Crippen molar-refractivity contribution in [2.75, 3.05) is 6.54 Å². The van der Waals surface area contributed by atoms with Gasteiger partial charge >= 0.3 is 0 Å². The summed E-state index contributed by atoms with van der Waals surface area (Å²) in [5.74, 6) is 1.37. The lowest BCUT2D eigenvalue weighted by Gasteiger charge is -2.38. The fourth-order valence-electron chi connectivity index (χ4n) is 3.58.